The summed E-state index contributed by atoms with van der Waals surface area (Å²) in [5.41, 5.74) is 2.42. The van der Waals surface area contributed by atoms with E-state index in [1.54, 1.807) is 18.3 Å². The van der Waals surface area contributed by atoms with Gasteiger partial charge in [-0.05, 0) is 48.2 Å². The van der Waals surface area contributed by atoms with Crippen molar-refractivity contribution in [2.24, 2.45) is 5.41 Å². The number of aromatic nitrogens is 2. The topological polar surface area (TPSA) is 75.1 Å². The van der Waals surface area contributed by atoms with Gasteiger partial charge in [-0.2, -0.15) is 0 Å². The highest BCUT2D eigenvalue weighted by atomic mass is 19.1. The van der Waals surface area contributed by atoms with Crippen LogP contribution in [0.3, 0.4) is 0 Å². The molecule has 140 valence electrons. The van der Waals surface area contributed by atoms with Crippen molar-refractivity contribution in [2.75, 3.05) is 0 Å². The van der Waals surface area contributed by atoms with Crippen LogP contribution in [-0.2, 0) is 0 Å². The molecule has 0 saturated carbocycles. The molecule has 0 bridgehead atoms. The lowest BCUT2D eigenvalue weighted by Gasteiger charge is -2.27. The van der Waals surface area contributed by atoms with Crippen molar-refractivity contribution in [3.8, 4) is 11.3 Å². The van der Waals surface area contributed by atoms with Gasteiger partial charge in [0.1, 0.15) is 5.82 Å². The highest BCUT2D eigenvalue weighted by Crippen LogP contribution is 2.35. The molecule has 27 heavy (non-hydrogen) atoms. The second kappa shape index (κ2) is 7.31. The van der Waals surface area contributed by atoms with E-state index in [1.807, 2.05) is 39.0 Å². The molecule has 0 aliphatic heterocycles. The molecule has 0 fully saturated rings. The van der Waals surface area contributed by atoms with Gasteiger partial charge in [-0.3, -0.25) is 4.98 Å². The van der Waals surface area contributed by atoms with Gasteiger partial charge in [0.15, 0.2) is 0 Å². The molecule has 6 heteroatoms. The van der Waals surface area contributed by atoms with Crippen molar-refractivity contribution in [1.29, 1.82) is 0 Å². The number of pyridine rings is 2. The number of carbonyl (C=O) groups is 1. The average molecular weight is 367 g/mol. The zero-order valence-electron chi connectivity index (χ0n) is 15.5. The predicted octanol–water partition coefficient (Wildman–Crippen LogP) is 5.18. The first-order valence-corrected chi connectivity index (χ1v) is 8.74. The van der Waals surface area contributed by atoms with Crippen molar-refractivity contribution >= 4 is 17.0 Å². The van der Waals surface area contributed by atoms with E-state index < -0.39 is 12.1 Å². The lowest BCUT2D eigenvalue weighted by Crippen LogP contribution is -2.31. The molecule has 0 spiro atoms. The minimum atomic E-state index is -1.11. The zero-order chi connectivity index (χ0) is 19.6. The molecule has 1 atom stereocenters. The van der Waals surface area contributed by atoms with Crippen LogP contribution in [0, 0.1) is 11.2 Å². The number of hydrogen-bond donors (Lipinski definition) is 2. The molecular formula is C21H22FN3O2. The number of hydrogen-bond acceptors (Lipinski definition) is 3. The Morgan fingerprint density at radius 3 is 2.63 bits per heavy atom. The Hall–Kier alpha value is -3.02. The molecule has 2 N–H and O–H groups in total. The van der Waals surface area contributed by atoms with Crippen LogP contribution in [-0.4, -0.2) is 21.2 Å². The molecule has 2 aromatic heterocycles. The maximum atomic E-state index is 13.7. The van der Waals surface area contributed by atoms with E-state index in [0.717, 1.165) is 0 Å². The smallest absolute Gasteiger partial charge is 0.405 e. The molecule has 2 heterocycles. The molecular weight excluding hydrogens is 345 g/mol. The lowest BCUT2D eigenvalue weighted by molar-refractivity contribution is 0.184. The SMILES string of the molecule is CC(C)(C)CC(NC(=O)O)c1nc2ccc(F)cc2cc1-c1ccccn1. The van der Waals surface area contributed by atoms with Gasteiger partial charge in [0.05, 0.1) is 22.9 Å². The molecule has 0 saturated heterocycles. The van der Waals surface area contributed by atoms with Gasteiger partial charge in [0.2, 0.25) is 0 Å². The first kappa shape index (κ1) is 18.8. The van der Waals surface area contributed by atoms with Crippen molar-refractivity contribution in [3.05, 3.63) is 60.2 Å². The Morgan fingerprint density at radius 1 is 1.22 bits per heavy atom. The van der Waals surface area contributed by atoms with Crippen molar-refractivity contribution in [3.63, 3.8) is 0 Å². The summed E-state index contributed by atoms with van der Waals surface area (Å²) in [5, 5.41) is 12.6. The maximum Gasteiger partial charge on any atom is 0.405 e. The van der Waals surface area contributed by atoms with Gasteiger partial charge in [0, 0.05) is 17.1 Å². The number of halogens is 1. The average Bonchev–Trinajstić information content (AvgIpc) is 2.59. The number of carboxylic acid groups (broad SMARTS) is 1. The van der Waals surface area contributed by atoms with E-state index >= 15 is 0 Å². The van der Waals surface area contributed by atoms with Crippen molar-refractivity contribution < 1.29 is 14.3 Å². The number of benzene rings is 1. The third-order valence-corrected chi connectivity index (χ3v) is 4.19. The molecule has 0 aliphatic carbocycles. The van der Waals surface area contributed by atoms with E-state index in [4.69, 9.17) is 4.98 Å². The number of amides is 1. The summed E-state index contributed by atoms with van der Waals surface area (Å²) in [6, 6.07) is 11.2. The molecule has 3 aromatic rings. The third kappa shape index (κ3) is 4.58. The van der Waals surface area contributed by atoms with E-state index in [-0.39, 0.29) is 11.2 Å². The normalized spacial score (nSPS) is 12.7. The largest absolute Gasteiger partial charge is 0.465 e. The first-order chi connectivity index (χ1) is 12.7. The maximum absolute atomic E-state index is 13.7. The first-order valence-electron chi connectivity index (χ1n) is 8.74. The van der Waals surface area contributed by atoms with E-state index in [1.165, 1.54) is 12.1 Å². The van der Waals surface area contributed by atoms with Gasteiger partial charge in [-0.25, -0.2) is 14.2 Å². The molecule has 3 rings (SSSR count). The highest BCUT2D eigenvalue weighted by molar-refractivity contribution is 5.84. The standard InChI is InChI=1S/C21H22FN3O2/c1-21(2,3)12-18(25-20(26)27)19-15(17-6-4-5-9-23-17)11-13-10-14(22)7-8-16(13)24-19/h4-11,18,25H,12H2,1-3H3,(H,26,27). The summed E-state index contributed by atoms with van der Waals surface area (Å²) in [7, 11) is 0. The minimum absolute atomic E-state index is 0.131. The Balaban J connectivity index is 2.24. The summed E-state index contributed by atoms with van der Waals surface area (Å²) < 4.78 is 13.7. The molecule has 0 radical (unpaired) electrons. The predicted molar refractivity (Wildman–Crippen MR) is 103 cm³/mol. The molecule has 1 amide bonds. The second-order valence-electron chi connectivity index (χ2n) is 7.74. The van der Waals surface area contributed by atoms with Crippen LogP contribution in [0.5, 0.6) is 0 Å². The monoisotopic (exact) mass is 367 g/mol. The second-order valence-corrected chi connectivity index (χ2v) is 7.74. The van der Waals surface area contributed by atoms with Gasteiger partial charge >= 0.3 is 6.09 Å². The number of fused-ring (bicyclic) bond motifs is 1. The van der Waals surface area contributed by atoms with E-state index in [2.05, 4.69) is 10.3 Å². The molecule has 5 nitrogen and oxygen atoms in total. The summed E-state index contributed by atoms with van der Waals surface area (Å²) in [6.45, 7) is 6.13. The molecule has 1 aromatic carbocycles. The fraction of sp³-hybridized carbons (Fsp3) is 0.286. The lowest BCUT2D eigenvalue weighted by atomic mass is 9.85. The van der Waals surface area contributed by atoms with Gasteiger partial charge in [-0.1, -0.05) is 26.8 Å². The Labute approximate surface area is 157 Å². The van der Waals surface area contributed by atoms with Crippen LogP contribution in [0.15, 0.2) is 48.7 Å². The summed E-state index contributed by atoms with van der Waals surface area (Å²) in [4.78, 5) is 20.5. The van der Waals surface area contributed by atoms with E-state index in [0.29, 0.717) is 34.3 Å². The van der Waals surface area contributed by atoms with Crippen LogP contribution in [0.4, 0.5) is 9.18 Å². The van der Waals surface area contributed by atoms with Crippen LogP contribution >= 0.6 is 0 Å². The van der Waals surface area contributed by atoms with Crippen LogP contribution in [0.1, 0.15) is 38.9 Å². The quantitative estimate of drug-likeness (QED) is 0.666. The van der Waals surface area contributed by atoms with Crippen molar-refractivity contribution in [2.45, 2.75) is 33.2 Å². The van der Waals surface area contributed by atoms with Crippen LogP contribution in [0.25, 0.3) is 22.2 Å². The number of nitrogens with zero attached hydrogens (tertiary/aromatic N) is 2. The summed E-state index contributed by atoms with van der Waals surface area (Å²) in [6.07, 6.45) is 1.11. The fourth-order valence-electron chi connectivity index (χ4n) is 3.13. The number of nitrogens with one attached hydrogen (secondary N) is 1. The van der Waals surface area contributed by atoms with Gasteiger partial charge < -0.3 is 10.4 Å². The fourth-order valence-corrected chi connectivity index (χ4v) is 3.13. The summed E-state index contributed by atoms with van der Waals surface area (Å²) in [5.74, 6) is -0.348. The van der Waals surface area contributed by atoms with Crippen LogP contribution < -0.4 is 5.32 Å². The number of rotatable bonds is 4. The van der Waals surface area contributed by atoms with Crippen LogP contribution in [0.2, 0.25) is 0 Å². The minimum Gasteiger partial charge on any atom is -0.465 e. The van der Waals surface area contributed by atoms with E-state index in [9.17, 15) is 14.3 Å². The van der Waals surface area contributed by atoms with Gasteiger partial charge in [0.25, 0.3) is 0 Å². The zero-order valence-corrected chi connectivity index (χ0v) is 15.5. The highest BCUT2D eigenvalue weighted by Gasteiger charge is 2.26. The summed E-state index contributed by atoms with van der Waals surface area (Å²) >= 11 is 0. The Kier molecular flexibility index (Phi) is 5.08. The van der Waals surface area contributed by atoms with Crippen molar-refractivity contribution in [1.82, 2.24) is 15.3 Å². The molecule has 0 aliphatic rings. The van der Waals surface area contributed by atoms with Gasteiger partial charge in [-0.15, -0.1) is 0 Å². The third-order valence-electron chi connectivity index (χ3n) is 4.19. The molecule has 1 unspecified atom stereocenters. The Morgan fingerprint density at radius 2 is 2.00 bits per heavy atom. The Bertz CT molecular complexity index is 968.